The van der Waals surface area contributed by atoms with Crippen LogP contribution in [0.3, 0.4) is 0 Å². The van der Waals surface area contributed by atoms with Gasteiger partial charge in [0.25, 0.3) is 0 Å². The number of benzene rings is 1. The molecule has 0 saturated carbocycles. The molecule has 1 heterocycles. The molecule has 1 aromatic heterocycles. The second-order valence-corrected chi connectivity index (χ2v) is 8.76. The Kier molecular flexibility index (Phi) is 7.77. The molecule has 2 aromatic rings. The Labute approximate surface area is 170 Å². The van der Waals surface area contributed by atoms with Gasteiger partial charge in [-0.2, -0.15) is 0 Å². The number of para-hydroxylation sites is 1. The van der Waals surface area contributed by atoms with Crippen LogP contribution in [0.1, 0.15) is 51.1 Å². The van der Waals surface area contributed by atoms with Crippen molar-refractivity contribution in [1.29, 1.82) is 0 Å². The fourth-order valence-electron chi connectivity index (χ4n) is 2.85. The van der Waals surface area contributed by atoms with Gasteiger partial charge in [0.1, 0.15) is 16.7 Å². The number of esters is 1. The fraction of sp³-hybridized carbons (Fsp3) is 0.550. The number of carbonyl (C=O) groups is 1. The van der Waals surface area contributed by atoms with E-state index in [-0.39, 0.29) is 18.3 Å². The quantitative estimate of drug-likeness (QED) is 0.269. The van der Waals surface area contributed by atoms with Gasteiger partial charge in [0.05, 0.1) is 16.6 Å². The average Bonchev–Trinajstić information content (AvgIpc) is 3.06. The van der Waals surface area contributed by atoms with Crippen molar-refractivity contribution in [2.45, 2.75) is 51.7 Å². The normalized spacial score (nSPS) is 14.7. The first-order valence-electron chi connectivity index (χ1n) is 9.41. The number of rotatable bonds is 8. The highest BCUT2D eigenvalue weighted by Crippen LogP contribution is 2.34. The van der Waals surface area contributed by atoms with Gasteiger partial charge in [0, 0.05) is 19.5 Å². The van der Waals surface area contributed by atoms with E-state index in [4.69, 9.17) is 10.5 Å². The zero-order valence-electron chi connectivity index (χ0n) is 16.9. The van der Waals surface area contributed by atoms with Crippen LogP contribution < -0.4 is 11.1 Å². The van der Waals surface area contributed by atoms with E-state index in [9.17, 15) is 9.90 Å². The van der Waals surface area contributed by atoms with Crippen molar-refractivity contribution in [2.75, 3.05) is 13.6 Å². The second-order valence-electron chi connectivity index (χ2n) is 7.69. The summed E-state index contributed by atoms with van der Waals surface area (Å²) in [5.41, 5.74) is 5.93. The molecule has 0 aliphatic rings. The third-order valence-corrected chi connectivity index (χ3v) is 5.26. The summed E-state index contributed by atoms with van der Waals surface area (Å²) in [5, 5.41) is 14.6. The number of aliphatic hydroxyl groups is 1. The van der Waals surface area contributed by atoms with Gasteiger partial charge in [-0.15, -0.1) is 11.3 Å². The molecule has 0 aliphatic heterocycles. The van der Waals surface area contributed by atoms with Crippen molar-refractivity contribution in [2.24, 2.45) is 16.6 Å². The maximum absolute atomic E-state index is 12.4. The third-order valence-electron chi connectivity index (χ3n) is 4.16. The number of hydrogen-bond acceptors (Lipinski definition) is 6. The number of nitrogens with one attached hydrogen (secondary N) is 1. The number of ether oxygens (including phenoxy) is 1. The lowest BCUT2D eigenvalue weighted by Crippen LogP contribution is -2.32. The Morgan fingerprint density at radius 3 is 2.75 bits per heavy atom. The molecule has 0 amide bonds. The number of carbonyl (C=O) groups excluding carboxylic acids is 1. The van der Waals surface area contributed by atoms with Crippen LogP contribution in [0.2, 0.25) is 0 Å². The summed E-state index contributed by atoms with van der Waals surface area (Å²) in [6.07, 6.45) is 0.652. The minimum Gasteiger partial charge on any atom is -0.460 e. The second kappa shape index (κ2) is 9.84. The molecule has 7 nitrogen and oxygen atoms in total. The molecule has 0 bridgehead atoms. The van der Waals surface area contributed by atoms with E-state index >= 15 is 0 Å². The first-order valence-corrected chi connectivity index (χ1v) is 10.2. The van der Waals surface area contributed by atoms with Gasteiger partial charge in [-0.3, -0.25) is 9.79 Å². The average molecular weight is 407 g/mol. The van der Waals surface area contributed by atoms with E-state index in [0.29, 0.717) is 23.9 Å². The number of nitrogens with two attached hydrogens (primary N) is 1. The van der Waals surface area contributed by atoms with Crippen molar-refractivity contribution in [3.05, 3.63) is 29.3 Å². The van der Waals surface area contributed by atoms with Gasteiger partial charge in [-0.25, -0.2) is 4.98 Å². The molecule has 28 heavy (non-hydrogen) atoms. The highest BCUT2D eigenvalue weighted by Gasteiger charge is 2.28. The number of fused-ring (bicyclic) bond motifs is 1. The predicted octanol–water partition coefficient (Wildman–Crippen LogP) is 2.99. The lowest BCUT2D eigenvalue weighted by Gasteiger charge is -2.24. The van der Waals surface area contributed by atoms with E-state index in [1.54, 1.807) is 7.05 Å². The summed E-state index contributed by atoms with van der Waals surface area (Å²) in [6, 6.07) is 7.76. The van der Waals surface area contributed by atoms with Crippen molar-refractivity contribution < 1.29 is 14.6 Å². The molecule has 154 valence electrons. The Balaban J connectivity index is 2.09. The molecule has 2 atom stereocenters. The number of aliphatic hydroxyl groups excluding tert-OH is 1. The van der Waals surface area contributed by atoms with Crippen LogP contribution in [-0.4, -0.2) is 41.2 Å². The molecule has 0 saturated heterocycles. The molecule has 0 radical (unpaired) electrons. The predicted molar refractivity (Wildman–Crippen MR) is 113 cm³/mol. The van der Waals surface area contributed by atoms with Crippen LogP contribution in [0.15, 0.2) is 29.3 Å². The summed E-state index contributed by atoms with van der Waals surface area (Å²) < 4.78 is 6.47. The maximum atomic E-state index is 12.4. The Bertz CT molecular complexity index is 780. The Morgan fingerprint density at radius 1 is 1.39 bits per heavy atom. The molecule has 4 N–H and O–H groups in total. The van der Waals surface area contributed by atoms with Crippen molar-refractivity contribution >= 4 is 33.5 Å². The largest absolute Gasteiger partial charge is 0.460 e. The van der Waals surface area contributed by atoms with Crippen molar-refractivity contribution in [3.8, 4) is 0 Å². The van der Waals surface area contributed by atoms with Crippen LogP contribution in [0.25, 0.3) is 10.2 Å². The van der Waals surface area contributed by atoms with Crippen LogP contribution in [-0.2, 0) is 9.53 Å². The minimum atomic E-state index is -0.831. The number of aliphatic imine (C=N–C) groups is 1. The number of guanidine groups is 1. The zero-order valence-corrected chi connectivity index (χ0v) is 17.8. The molecule has 0 fully saturated rings. The lowest BCUT2D eigenvalue weighted by atomic mass is 9.93. The molecule has 0 spiro atoms. The van der Waals surface area contributed by atoms with Crippen LogP contribution >= 0.6 is 11.3 Å². The summed E-state index contributed by atoms with van der Waals surface area (Å²) >= 11 is 1.45. The van der Waals surface area contributed by atoms with Gasteiger partial charge in [0.2, 0.25) is 0 Å². The van der Waals surface area contributed by atoms with Crippen LogP contribution in [0.4, 0.5) is 0 Å². The summed E-state index contributed by atoms with van der Waals surface area (Å²) in [4.78, 5) is 20.8. The molecule has 1 unspecified atom stereocenters. The van der Waals surface area contributed by atoms with E-state index in [1.807, 2.05) is 45.0 Å². The van der Waals surface area contributed by atoms with Crippen LogP contribution in [0, 0.1) is 5.92 Å². The van der Waals surface area contributed by atoms with Gasteiger partial charge < -0.3 is 20.9 Å². The SMILES string of the molecule is CN=C(N)NCCC[C@H](CC(=O)OC(C)(C)C)C(O)c1nc2ccccc2s1. The highest BCUT2D eigenvalue weighted by molar-refractivity contribution is 7.18. The monoisotopic (exact) mass is 406 g/mol. The molecule has 0 aliphatic carbocycles. The van der Waals surface area contributed by atoms with Crippen LogP contribution in [0.5, 0.6) is 0 Å². The number of hydrogen-bond donors (Lipinski definition) is 3. The Morgan fingerprint density at radius 2 is 2.11 bits per heavy atom. The van der Waals surface area contributed by atoms with Gasteiger partial charge in [0.15, 0.2) is 5.96 Å². The molecular formula is C20H30N4O3S. The summed E-state index contributed by atoms with van der Waals surface area (Å²) in [5.74, 6) is -0.243. The molecule has 1 aromatic carbocycles. The topological polar surface area (TPSA) is 110 Å². The Hall–Kier alpha value is -2.19. The number of nitrogens with zero attached hydrogens (tertiary/aromatic N) is 2. The minimum absolute atomic E-state index is 0.131. The standard InChI is InChI=1S/C20H30N4O3S/c1-20(2,3)27-16(25)12-13(8-7-11-23-19(21)22-4)17(26)18-24-14-9-5-6-10-15(14)28-18/h5-6,9-10,13,17,26H,7-8,11-12H2,1-4H3,(H3,21,22,23)/t13-,17?/m1/s1. The summed E-state index contributed by atoms with van der Waals surface area (Å²) in [6.45, 7) is 6.11. The van der Waals surface area contributed by atoms with E-state index in [2.05, 4.69) is 15.3 Å². The van der Waals surface area contributed by atoms with E-state index in [1.165, 1.54) is 11.3 Å². The van der Waals surface area contributed by atoms with E-state index in [0.717, 1.165) is 16.6 Å². The summed E-state index contributed by atoms with van der Waals surface area (Å²) in [7, 11) is 1.62. The smallest absolute Gasteiger partial charge is 0.306 e. The highest BCUT2D eigenvalue weighted by atomic mass is 32.1. The van der Waals surface area contributed by atoms with Crippen molar-refractivity contribution in [1.82, 2.24) is 10.3 Å². The van der Waals surface area contributed by atoms with Gasteiger partial charge in [-0.1, -0.05) is 12.1 Å². The maximum Gasteiger partial charge on any atom is 0.306 e. The molecule has 2 rings (SSSR count). The fourth-order valence-corrected chi connectivity index (χ4v) is 3.89. The number of aromatic nitrogens is 1. The van der Waals surface area contributed by atoms with Crippen molar-refractivity contribution in [3.63, 3.8) is 0 Å². The first-order chi connectivity index (χ1) is 13.2. The first kappa shape index (κ1) is 22.1. The molecular weight excluding hydrogens is 376 g/mol. The van der Waals surface area contributed by atoms with E-state index < -0.39 is 11.7 Å². The zero-order chi connectivity index (χ0) is 20.7. The number of thiazole rings is 1. The lowest BCUT2D eigenvalue weighted by molar-refractivity contribution is -0.157. The molecule has 8 heteroatoms. The third kappa shape index (κ3) is 6.76. The van der Waals surface area contributed by atoms with Gasteiger partial charge in [-0.05, 0) is 45.7 Å². The van der Waals surface area contributed by atoms with Gasteiger partial charge >= 0.3 is 5.97 Å².